The van der Waals surface area contributed by atoms with E-state index >= 15 is 0 Å². The predicted molar refractivity (Wildman–Crippen MR) is 115 cm³/mol. The van der Waals surface area contributed by atoms with Crippen LogP contribution in [0, 0.1) is 5.92 Å². The molecule has 2 atom stereocenters. The van der Waals surface area contributed by atoms with Crippen LogP contribution in [0.4, 0.5) is 0 Å². The molecule has 3 aliphatic rings. The highest BCUT2D eigenvalue weighted by atomic mass is 16.5. The molecule has 1 saturated carbocycles. The van der Waals surface area contributed by atoms with Crippen LogP contribution in [0.25, 0.3) is 0 Å². The molecule has 0 bridgehead atoms. The molecule has 2 heterocycles. The third-order valence-corrected chi connectivity index (χ3v) is 6.32. The zero-order valence-corrected chi connectivity index (χ0v) is 18.0. The van der Waals surface area contributed by atoms with Crippen molar-refractivity contribution in [3.05, 3.63) is 0 Å². The Morgan fingerprint density at radius 2 is 2.04 bits per heavy atom. The number of rotatable bonds is 9. The molecule has 0 aromatic rings. The van der Waals surface area contributed by atoms with Crippen molar-refractivity contribution < 1.29 is 9.47 Å². The Bertz CT molecular complexity index is 448. The third kappa shape index (κ3) is 7.53. The summed E-state index contributed by atoms with van der Waals surface area (Å²) in [6, 6.07) is 1.34. The maximum absolute atomic E-state index is 5.79. The Morgan fingerprint density at radius 3 is 2.82 bits per heavy atom. The topological polar surface area (TPSA) is 58.1 Å². The maximum atomic E-state index is 5.79. The van der Waals surface area contributed by atoms with Crippen LogP contribution in [0.5, 0.6) is 0 Å². The van der Waals surface area contributed by atoms with Crippen LogP contribution in [0.2, 0.25) is 0 Å². The lowest BCUT2D eigenvalue weighted by molar-refractivity contribution is 0.0893. The van der Waals surface area contributed by atoms with E-state index in [0.29, 0.717) is 12.0 Å². The van der Waals surface area contributed by atoms with E-state index in [-0.39, 0.29) is 0 Å². The lowest BCUT2D eigenvalue weighted by atomic mass is 9.92. The van der Waals surface area contributed by atoms with Crippen molar-refractivity contribution in [3.8, 4) is 0 Å². The molecular weight excluding hydrogens is 352 g/mol. The fourth-order valence-corrected chi connectivity index (χ4v) is 4.74. The van der Waals surface area contributed by atoms with Crippen LogP contribution in [0.15, 0.2) is 4.99 Å². The molecule has 2 unspecified atom stereocenters. The molecule has 2 aliphatic heterocycles. The summed E-state index contributed by atoms with van der Waals surface area (Å²) in [4.78, 5) is 7.53. The van der Waals surface area contributed by atoms with E-state index in [4.69, 9.17) is 14.5 Å². The Kier molecular flexibility index (Phi) is 9.88. The van der Waals surface area contributed by atoms with Crippen LogP contribution in [0.3, 0.4) is 0 Å². The predicted octanol–water partition coefficient (Wildman–Crippen LogP) is 2.78. The molecule has 0 aromatic heterocycles. The van der Waals surface area contributed by atoms with Gasteiger partial charge in [0.1, 0.15) is 0 Å². The molecule has 6 nitrogen and oxygen atoms in total. The second-order valence-electron chi connectivity index (χ2n) is 8.69. The highest BCUT2D eigenvalue weighted by molar-refractivity contribution is 5.80. The Morgan fingerprint density at radius 1 is 1.14 bits per heavy atom. The van der Waals surface area contributed by atoms with E-state index < -0.39 is 0 Å². The molecule has 6 heteroatoms. The number of nitrogens with zero attached hydrogens (tertiary/aromatic N) is 2. The number of hydrogen-bond acceptors (Lipinski definition) is 4. The third-order valence-electron chi connectivity index (χ3n) is 6.32. The van der Waals surface area contributed by atoms with Gasteiger partial charge in [0.25, 0.3) is 0 Å². The zero-order chi connectivity index (χ0) is 19.4. The van der Waals surface area contributed by atoms with Gasteiger partial charge >= 0.3 is 0 Å². The SMILES string of the molecule is CCNC(=NCCCOCC1CCOC1)NC1CCCN(C2CCCCC2)C1. The highest BCUT2D eigenvalue weighted by Gasteiger charge is 2.27. The van der Waals surface area contributed by atoms with E-state index in [0.717, 1.165) is 64.4 Å². The normalized spacial score (nSPS) is 27.8. The van der Waals surface area contributed by atoms with E-state index in [1.54, 1.807) is 0 Å². The lowest BCUT2D eigenvalue weighted by Crippen LogP contribution is -2.53. The summed E-state index contributed by atoms with van der Waals surface area (Å²) in [7, 11) is 0. The summed E-state index contributed by atoms with van der Waals surface area (Å²) in [6.07, 6.45) is 11.7. The van der Waals surface area contributed by atoms with Crippen molar-refractivity contribution in [3.63, 3.8) is 0 Å². The largest absolute Gasteiger partial charge is 0.381 e. The number of likely N-dealkylation sites (tertiary alicyclic amines) is 1. The highest BCUT2D eigenvalue weighted by Crippen LogP contribution is 2.25. The van der Waals surface area contributed by atoms with Crippen LogP contribution < -0.4 is 10.6 Å². The lowest BCUT2D eigenvalue weighted by Gasteiger charge is -2.40. The fourth-order valence-electron chi connectivity index (χ4n) is 4.74. The number of aliphatic imine (C=N–C) groups is 1. The van der Waals surface area contributed by atoms with Crippen LogP contribution in [-0.2, 0) is 9.47 Å². The Balaban J connectivity index is 1.35. The number of nitrogens with one attached hydrogen (secondary N) is 2. The average Bonchev–Trinajstić information content (AvgIpc) is 3.25. The smallest absolute Gasteiger partial charge is 0.191 e. The standard InChI is InChI=1S/C22H42N4O2/c1-2-23-22(24-12-7-14-27-17-19-11-15-28-18-19)25-20-8-6-13-26(16-20)21-9-4-3-5-10-21/h19-21H,2-18H2,1H3,(H2,23,24,25). The van der Waals surface area contributed by atoms with Gasteiger partial charge in [-0.3, -0.25) is 9.89 Å². The first-order valence-electron chi connectivity index (χ1n) is 11.8. The Hall–Kier alpha value is -0.850. The van der Waals surface area contributed by atoms with Crippen molar-refractivity contribution in [2.75, 3.05) is 52.6 Å². The molecule has 3 fully saturated rings. The van der Waals surface area contributed by atoms with Crippen molar-refractivity contribution in [1.82, 2.24) is 15.5 Å². The van der Waals surface area contributed by atoms with Gasteiger partial charge in [-0.15, -0.1) is 0 Å². The van der Waals surface area contributed by atoms with Gasteiger partial charge in [-0.2, -0.15) is 0 Å². The molecule has 0 amide bonds. The summed E-state index contributed by atoms with van der Waals surface area (Å²) in [5, 5.41) is 7.12. The first kappa shape index (κ1) is 21.8. The first-order valence-corrected chi connectivity index (χ1v) is 11.8. The van der Waals surface area contributed by atoms with Gasteiger partial charge in [0.15, 0.2) is 5.96 Å². The van der Waals surface area contributed by atoms with Crippen LogP contribution >= 0.6 is 0 Å². The summed E-state index contributed by atoms with van der Waals surface area (Å²) < 4.78 is 11.2. The quantitative estimate of drug-likeness (QED) is 0.358. The molecule has 162 valence electrons. The minimum absolute atomic E-state index is 0.520. The summed E-state index contributed by atoms with van der Waals surface area (Å²) in [5.74, 6) is 1.57. The van der Waals surface area contributed by atoms with Gasteiger partial charge in [0, 0.05) is 50.8 Å². The van der Waals surface area contributed by atoms with Crippen LogP contribution in [0.1, 0.15) is 64.7 Å². The van der Waals surface area contributed by atoms with E-state index in [2.05, 4.69) is 22.5 Å². The molecule has 1 aliphatic carbocycles. The monoisotopic (exact) mass is 394 g/mol. The van der Waals surface area contributed by atoms with Crippen molar-refractivity contribution >= 4 is 5.96 Å². The van der Waals surface area contributed by atoms with Crippen molar-refractivity contribution in [2.45, 2.75) is 76.8 Å². The van der Waals surface area contributed by atoms with E-state index in [9.17, 15) is 0 Å². The molecule has 2 saturated heterocycles. The molecule has 0 spiro atoms. The van der Waals surface area contributed by atoms with Crippen molar-refractivity contribution in [1.29, 1.82) is 0 Å². The zero-order valence-electron chi connectivity index (χ0n) is 18.0. The molecule has 2 N–H and O–H groups in total. The Labute approximate surface area is 171 Å². The van der Waals surface area contributed by atoms with E-state index in [1.807, 2.05) is 0 Å². The number of hydrogen-bond donors (Lipinski definition) is 2. The van der Waals surface area contributed by atoms with E-state index in [1.165, 1.54) is 58.0 Å². The number of piperidine rings is 1. The minimum atomic E-state index is 0.520. The number of ether oxygens (including phenoxy) is 2. The van der Waals surface area contributed by atoms with Crippen LogP contribution in [-0.4, -0.2) is 75.5 Å². The fraction of sp³-hybridized carbons (Fsp3) is 0.955. The molecule has 28 heavy (non-hydrogen) atoms. The summed E-state index contributed by atoms with van der Waals surface area (Å²) >= 11 is 0. The first-order chi connectivity index (χ1) is 13.8. The summed E-state index contributed by atoms with van der Waals surface area (Å²) in [6.45, 7) is 9.69. The van der Waals surface area contributed by atoms with Crippen molar-refractivity contribution in [2.24, 2.45) is 10.9 Å². The van der Waals surface area contributed by atoms with Gasteiger partial charge in [0.2, 0.25) is 0 Å². The van der Waals surface area contributed by atoms with Gasteiger partial charge in [-0.05, 0) is 52.0 Å². The minimum Gasteiger partial charge on any atom is -0.381 e. The van der Waals surface area contributed by atoms with Gasteiger partial charge in [0.05, 0.1) is 13.2 Å². The van der Waals surface area contributed by atoms with Gasteiger partial charge < -0.3 is 20.1 Å². The molecule has 0 aromatic carbocycles. The number of guanidine groups is 1. The summed E-state index contributed by atoms with van der Waals surface area (Å²) in [5.41, 5.74) is 0. The maximum Gasteiger partial charge on any atom is 0.191 e. The van der Waals surface area contributed by atoms with Gasteiger partial charge in [-0.1, -0.05) is 19.3 Å². The molecule has 0 radical (unpaired) electrons. The second-order valence-corrected chi connectivity index (χ2v) is 8.69. The second kappa shape index (κ2) is 12.7. The average molecular weight is 395 g/mol. The molecular formula is C22H42N4O2. The molecule has 3 rings (SSSR count). The van der Waals surface area contributed by atoms with Gasteiger partial charge in [-0.25, -0.2) is 0 Å².